The average Bonchev–Trinajstić information content (AvgIpc) is 2.70. The van der Waals surface area contributed by atoms with Crippen molar-refractivity contribution in [2.45, 2.75) is 13.8 Å². The standard InChI is InChI=1S/C13H14ClN3O2/c1-8-9(2)16-17-13(8)15-12(18)7-19-11-5-3-10(14)4-6-11/h3-6H,7H2,1-2H3,(H2,15,16,17,18). The third-order valence-corrected chi connectivity index (χ3v) is 2.95. The van der Waals surface area contributed by atoms with Crippen molar-refractivity contribution in [2.75, 3.05) is 11.9 Å². The van der Waals surface area contributed by atoms with Crippen LogP contribution in [0.3, 0.4) is 0 Å². The highest BCUT2D eigenvalue weighted by Gasteiger charge is 2.09. The number of ether oxygens (including phenoxy) is 1. The van der Waals surface area contributed by atoms with E-state index in [0.29, 0.717) is 16.6 Å². The van der Waals surface area contributed by atoms with E-state index in [1.807, 2.05) is 13.8 Å². The number of anilines is 1. The van der Waals surface area contributed by atoms with Gasteiger partial charge in [0.2, 0.25) is 0 Å². The maximum Gasteiger partial charge on any atom is 0.263 e. The van der Waals surface area contributed by atoms with Crippen molar-refractivity contribution in [3.05, 3.63) is 40.5 Å². The van der Waals surface area contributed by atoms with Crippen LogP contribution in [0.1, 0.15) is 11.3 Å². The summed E-state index contributed by atoms with van der Waals surface area (Å²) in [7, 11) is 0. The summed E-state index contributed by atoms with van der Waals surface area (Å²) >= 11 is 5.75. The van der Waals surface area contributed by atoms with Crippen molar-refractivity contribution in [2.24, 2.45) is 0 Å². The van der Waals surface area contributed by atoms with Crippen LogP contribution in [0, 0.1) is 13.8 Å². The Morgan fingerprint density at radius 1 is 1.37 bits per heavy atom. The number of nitrogens with one attached hydrogen (secondary N) is 2. The van der Waals surface area contributed by atoms with Crippen LogP contribution in [-0.2, 0) is 4.79 Å². The predicted octanol–water partition coefficient (Wildman–Crippen LogP) is 2.70. The molecule has 2 rings (SSSR count). The van der Waals surface area contributed by atoms with E-state index in [1.165, 1.54) is 0 Å². The first kappa shape index (κ1) is 13.4. The monoisotopic (exact) mass is 279 g/mol. The zero-order chi connectivity index (χ0) is 13.8. The Labute approximate surface area is 115 Å². The number of hydrogen-bond acceptors (Lipinski definition) is 3. The second kappa shape index (κ2) is 5.75. The number of halogens is 1. The summed E-state index contributed by atoms with van der Waals surface area (Å²) in [6, 6.07) is 6.82. The van der Waals surface area contributed by atoms with Gasteiger partial charge in [-0.15, -0.1) is 0 Å². The van der Waals surface area contributed by atoms with Crippen molar-refractivity contribution < 1.29 is 9.53 Å². The van der Waals surface area contributed by atoms with Gasteiger partial charge in [0.15, 0.2) is 12.4 Å². The lowest BCUT2D eigenvalue weighted by Gasteiger charge is -2.06. The quantitative estimate of drug-likeness (QED) is 0.904. The van der Waals surface area contributed by atoms with E-state index in [0.717, 1.165) is 11.3 Å². The molecule has 0 spiro atoms. The van der Waals surface area contributed by atoms with E-state index in [4.69, 9.17) is 16.3 Å². The second-order valence-corrected chi connectivity index (χ2v) is 4.55. The molecule has 2 N–H and O–H groups in total. The Hall–Kier alpha value is -2.01. The fourth-order valence-corrected chi connectivity index (χ4v) is 1.58. The summed E-state index contributed by atoms with van der Waals surface area (Å²) < 4.78 is 5.33. The molecule has 0 aliphatic carbocycles. The molecule has 0 unspecified atom stereocenters. The summed E-state index contributed by atoms with van der Waals surface area (Å²) in [5.41, 5.74) is 1.84. The van der Waals surface area contributed by atoms with Gasteiger partial charge in [0.25, 0.3) is 5.91 Å². The molecule has 0 aliphatic heterocycles. The number of H-pyrrole nitrogens is 1. The van der Waals surface area contributed by atoms with Gasteiger partial charge in [-0.2, -0.15) is 5.10 Å². The number of benzene rings is 1. The number of nitrogens with zero attached hydrogens (tertiary/aromatic N) is 1. The highest BCUT2D eigenvalue weighted by Crippen LogP contribution is 2.16. The fourth-order valence-electron chi connectivity index (χ4n) is 1.45. The van der Waals surface area contributed by atoms with Crippen LogP contribution < -0.4 is 10.1 Å². The summed E-state index contributed by atoms with van der Waals surface area (Å²) in [5, 5.41) is 10.1. The number of amides is 1. The van der Waals surface area contributed by atoms with Gasteiger partial charge in [-0.1, -0.05) is 11.6 Å². The van der Waals surface area contributed by atoms with Crippen LogP contribution in [-0.4, -0.2) is 22.7 Å². The molecule has 1 aromatic heterocycles. The van der Waals surface area contributed by atoms with Gasteiger partial charge in [0, 0.05) is 16.3 Å². The molecule has 0 bridgehead atoms. The molecule has 19 heavy (non-hydrogen) atoms. The summed E-state index contributed by atoms with van der Waals surface area (Å²) in [6.45, 7) is 3.70. The fraction of sp³-hybridized carbons (Fsp3) is 0.231. The lowest BCUT2D eigenvalue weighted by atomic mass is 10.3. The molecule has 0 fully saturated rings. The van der Waals surface area contributed by atoms with Gasteiger partial charge < -0.3 is 10.1 Å². The highest BCUT2D eigenvalue weighted by atomic mass is 35.5. The van der Waals surface area contributed by atoms with Gasteiger partial charge in [-0.05, 0) is 38.1 Å². The third-order valence-electron chi connectivity index (χ3n) is 2.69. The van der Waals surface area contributed by atoms with Crippen LogP contribution in [0.5, 0.6) is 5.75 Å². The Kier molecular flexibility index (Phi) is 4.06. The Balaban J connectivity index is 1.88. The van der Waals surface area contributed by atoms with Gasteiger partial charge in [0.1, 0.15) is 5.75 Å². The number of carbonyl (C=O) groups is 1. The lowest BCUT2D eigenvalue weighted by Crippen LogP contribution is -2.20. The molecule has 2 aromatic rings. The molecule has 0 saturated heterocycles. The van der Waals surface area contributed by atoms with Crippen molar-refractivity contribution in [3.8, 4) is 5.75 Å². The summed E-state index contributed by atoms with van der Waals surface area (Å²) in [4.78, 5) is 11.7. The number of aryl methyl sites for hydroxylation is 1. The molecular weight excluding hydrogens is 266 g/mol. The molecule has 0 atom stereocenters. The number of carbonyl (C=O) groups excluding carboxylic acids is 1. The molecule has 0 saturated carbocycles. The van der Waals surface area contributed by atoms with E-state index in [-0.39, 0.29) is 12.5 Å². The normalized spacial score (nSPS) is 10.3. The molecule has 0 aliphatic rings. The molecule has 5 nitrogen and oxygen atoms in total. The number of hydrogen-bond donors (Lipinski definition) is 2. The molecule has 100 valence electrons. The SMILES string of the molecule is Cc1[nH]nc(NC(=O)COc2ccc(Cl)cc2)c1C. The van der Waals surface area contributed by atoms with Crippen LogP contribution in [0.2, 0.25) is 5.02 Å². The van der Waals surface area contributed by atoms with E-state index in [9.17, 15) is 4.79 Å². The van der Waals surface area contributed by atoms with Gasteiger partial charge in [-0.3, -0.25) is 9.89 Å². The Morgan fingerprint density at radius 2 is 2.05 bits per heavy atom. The van der Waals surface area contributed by atoms with E-state index >= 15 is 0 Å². The first-order valence-corrected chi connectivity index (χ1v) is 6.14. The highest BCUT2D eigenvalue weighted by molar-refractivity contribution is 6.30. The van der Waals surface area contributed by atoms with E-state index in [1.54, 1.807) is 24.3 Å². The van der Waals surface area contributed by atoms with E-state index < -0.39 is 0 Å². The molecule has 6 heteroatoms. The summed E-state index contributed by atoms with van der Waals surface area (Å²) in [6.07, 6.45) is 0. The maximum absolute atomic E-state index is 11.7. The van der Waals surface area contributed by atoms with Gasteiger partial charge >= 0.3 is 0 Å². The van der Waals surface area contributed by atoms with Crippen molar-refractivity contribution in [3.63, 3.8) is 0 Å². The molecule has 0 radical (unpaired) electrons. The second-order valence-electron chi connectivity index (χ2n) is 4.11. The van der Waals surface area contributed by atoms with Gasteiger partial charge in [0.05, 0.1) is 0 Å². The maximum atomic E-state index is 11.7. The lowest BCUT2D eigenvalue weighted by molar-refractivity contribution is -0.118. The molecule has 1 aromatic carbocycles. The minimum absolute atomic E-state index is 0.0764. The van der Waals surface area contributed by atoms with Crippen LogP contribution in [0.15, 0.2) is 24.3 Å². The largest absolute Gasteiger partial charge is 0.484 e. The Bertz CT molecular complexity index is 578. The number of rotatable bonds is 4. The molecule has 1 heterocycles. The Morgan fingerprint density at radius 3 is 2.63 bits per heavy atom. The predicted molar refractivity (Wildman–Crippen MR) is 73.6 cm³/mol. The molecule has 1 amide bonds. The zero-order valence-electron chi connectivity index (χ0n) is 10.7. The minimum atomic E-state index is -0.260. The topological polar surface area (TPSA) is 67.0 Å². The van der Waals surface area contributed by atoms with Crippen LogP contribution in [0.4, 0.5) is 5.82 Å². The number of aromatic amines is 1. The van der Waals surface area contributed by atoms with Crippen LogP contribution >= 0.6 is 11.6 Å². The minimum Gasteiger partial charge on any atom is -0.484 e. The van der Waals surface area contributed by atoms with E-state index in [2.05, 4.69) is 15.5 Å². The van der Waals surface area contributed by atoms with Crippen molar-refractivity contribution >= 4 is 23.3 Å². The molecular formula is C13H14ClN3O2. The first-order valence-electron chi connectivity index (χ1n) is 5.76. The number of aromatic nitrogens is 2. The first-order chi connectivity index (χ1) is 9.06. The zero-order valence-corrected chi connectivity index (χ0v) is 11.4. The van der Waals surface area contributed by atoms with Crippen LogP contribution in [0.25, 0.3) is 0 Å². The van der Waals surface area contributed by atoms with Gasteiger partial charge in [-0.25, -0.2) is 0 Å². The van der Waals surface area contributed by atoms with Crippen molar-refractivity contribution in [1.29, 1.82) is 0 Å². The summed E-state index contributed by atoms with van der Waals surface area (Å²) in [5.74, 6) is 0.862. The smallest absolute Gasteiger partial charge is 0.263 e. The average molecular weight is 280 g/mol. The van der Waals surface area contributed by atoms with Crippen molar-refractivity contribution in [1.82, 2.24) is 10.2 Å². The third kappa shape index (κ3) is 3.48.